The van der Waals surface area contributed by atoms with E-state index in [0.29, 0.717) is 0 Å². The number of aromatic nitrogens is 1. The summed E-state index contributed by atoms with van der Waals surface area (Å²) in [4.78, 5) is 3.01. The van der Waals surface area contributed by atoms with Gasteiger partial charge < -0.3 is 0 Å². The highest BCUT2D eigenvalue weighted by Gasteiger charge is 1.90. The zero-order valence-electron chi connectivity index (χ0n) is 5.17. The van der Waals surface area contributed by atoms with Crippen LogP contribution >= 0.6 is 12.6 Å². The predicted octanol–water partition coefficient (Wildman–Crippen LogP) is 0.973. The zero-order chi connectivity index (χ0) is 6.53. The lowest BCUT2D eigenvalue weighted by Gasteiger charge is -1.88. The molecule has 1 aromatic heterocycles. The van der Waals surface area contributed by atoms with Gasteiger partial charge in [-0.25, -0.2) is 4.98 Å². The molecule has 0 saturated heterocycles. The molecule has 1 heterocycles. The molecule has 0 amide bonds. The Labute approximate surface area is 60.5 Å². The molecule has 1 nitrogen and oxygen atoms in total. The van der Waals surface area contributed by atoms with Crippen molar-refractivity contribution in [3.63, 3.8) is 0 Å². The molecule has 1 aromatic rings. The van der Waals surface area contributed by atoms with Crippen molar-refractivity contribution in [3.05, 3.63) is 30.1 Å². The number of pyridine rings is 1. The molecular weight excluding hydrogens is 130 g/mol. The number of H-pyrrole nitrogens is 1. The summed E-state index contributed by atoms with van der Waals surface area (Å²) in [5.74, 6) is 0.915. The summed E-state index contributed by atoms with van der Waals surface area (Å²) >= 11 is 4.12. The van der Waals surface area contributed by atoms with Gasteiger partial charge in [0.05, 0.1) is 0 Å². The summed E-state index contributed by atoms with van der Waals surface area (Å²) in [6, 6.07) is 4.09. The Morgan fingerprint density at radius 2 is 2.44 bits per heavy atom. The Hall–Kier alpha value is -0.500. The van der Waals surface area contributed by atoms with Crippen LogP contribution in [0.15, 0.2) is 24.5 Å². The van der Waals surface area contributed by atoms with Crippen molar-refractivity contribution >= 4 is 12.6 Å². The summed E-state index contributed by atoms with van der Waals surface area (Å²) in [7, 11) is 0. The van der Waals surface area contributed by atoms with Crippen LogP contribution in [0.1, 0.15) is 5.56 Å². The molecule has 9 heavy (non-hydrogen) atoms. The zero-order valence-corrected chi connectivity index (χ0v) is 6.07. The monoisotopic (exact) mass is 140 g/mol. The quantitative estimate of drug-likeness (QED) is 0.589. The first-order valence-electron chi connectivity index (χ1n) is 2.99. The first-order chi connectivity index (χ1) is 4.43. The maximum Gasteiger partial charge on any atom is 0.170 e. The van der Waals surface area contributed by atoms with Crippen molar-refractivity contribution in [2.24, 2.45) is 0 Å². The van der Waals surface area contributed by atoms with Gasteiger partial charge in [0.15, 0.2) is 12.4 Å². The van der Waals surface area contributed by atoms with Crippen LogP contribution in [0.2, 0.25) is 0 Å². The highest BCUT2D eigenvalue weighted by molar-refractivity contribution is 7.80. The molecular formula is C7H10NS+. The average Bonchev–Trinajstić information content (AvgIpc) is 1.91. The normalized spacial score (nSPS) is 9.44. The van der Waals surface area contributed by atoms with Crippen molar-refractivity contribution in [2.45, 2.75) is 6.42 Å². The minimum absolute atomic E-state index is 0.915. The molecule has 0 fully saturated rings. The number of rotatable bonds is 2. The van der Waals surface area contributed by atoms with Gasteiger partial charge >= 0.3 is 0 Å². The van der Waals surface area contributed by atoms with Crippen molar-refractivity contribution < 1.29 is 4.98 Å². The Kier molecular flexibility index (Phi) is 2.58. The maximum absolute atomic E-state index is 4.12. The van der Waals surface area contributed by atoms with E-state index in [2.05, 4.69) is 23.7 Å². The van der Waals surface area contributed by atoms with Crippen LogP contribution < -0.4 is 4.98 Å². The molecule has 0 aliphatic heterocycles. The molecule has 1 N–H and O–H groups in total. The third-order valence-corrected chi connectivity index (χ3v) is 1.40. The second kappa shape index (κ2) is 3.51. The van der Waals surface area contributed by atoms with Crippen LogP contribution in [0, 0.1) is 0 Å². The summed E-state index contributed by atoms with van der Waals surface area (Å²) in [5.41, 5.74) is 1.31. The van der Waals surface area contributed by atoms with Crippen molar-refractivity contribution in [1.29, 1.82) is 0 Å². The van der Waals surface area contributed by atoms with Crippen molar-refractivity contribution in [2.75, 3.05) is 5.75 Å². The highest BCUT2D eigenvalue weighted by atomic mass is 32.1. The van der Waals surface area contributed by atoms with Crippen molar-refractivity contribution in [1.82, 2.24) is 0 Å². The van der Waals surface area contributed by atoms with Gasteiger partial charge in [0, 0.05) is 11.6 Å². The summed E-state index contributed by atoms with van der Waals surface area (Å²) in [6.45, 7) is 0. The fraction of sp³-hybridized carbons (Fsp3) is 0.286. The third-order valence-electron chi connectivity index (χ3n) is 1.17. The smallest absolute Gasteiger partial charge is 0.170 e. The van der Waals surface area contributed by atoms with E-state index in [1.54, 1.807) is 0 Å². The SMILES string of the molecule is SCCc1ccc[nH+]c1. The van der Waals surface area contributed by atoms with E-state index in [1.165, 1.54) is 5.56 Å². The van der Waals surface area contributed by atoms with E-state index >= 15 is 0 Å². The molecule has 0 atom stereocenters. The first-order valence-corrected chi connectivity index (χ1v) is 3.62. The second-order valence-corrected chi connectivity index (χ2v) is 2.33. The minimum atomic E-state index is 0.915. The van der Waals surface area contributed by atoms with Crippen LogP contribution in [0.25, 0.3) is 0 Å². The largest absolute Gasteiger partial charge is 0.218 e. The number of thiol groups is 1. The first kappa shape index (κ1) is 6.62. The van der Waals surface area contributed by atoms with Crippen LogP contribution in [0.4, 0.5) is 0 Å². The van der Waals surface area contributed by atoms with Gasteiger partial charge in [-0.2, -0.15) is 12.6 Å². The molecule has 48 valence electrons. The lowest BCUT2D eigenvalue weighted by Crippen LogP contribution is -2.00. The van der Waals surface area contributed by atoms with Crippen LogP contribution in [-0.2, 0) is 6.42 Å². The predicted molar refractivity (Wildman–Crippen MR) is 40.6 cm³/mol. The molecule has 0 aromatic carbocycles. The van der Waals surface area contributed by atoms with E-state index in [9.17, 15) is 0 Å². The Morgan fingerprint density at radius 3 is 3.00 bits per heavy atom. The molecule has 0 bridgehead atoms. The number of aryl methyl sites for hydroxylation is 1. The fourth-order valence-corrected chi connectivity index (χ4v) is 0.973. The van der Waals surface area contributed by atoms with Gasteiger partial charge in [0.25, 0.3) is 0 Å². The van der Waals surface area contributed by atoms with Gasteiger partial charge in [-0.1, -0.05) is 0 Å². The number of aromatic amines is 1. The third kappa shape index (κ3) is 2.06. The molecule has 2 heteroatoms. The molecule has 1 rings (SSSR count). The van der Waals surface area contributed by atoms with E-state index in [4.69, 9.17) is 0 Å². The summed E-state index contributed by atoms with van der Waals surface area (Å²) < 4.78 is 0. The molecule has 0 radical (unpaired) electrons. The Balaban J connectivity index is 2.61. The average molecular weight is 140 g/mol. The molecule has 0 aliphatic rings. The van der Waals surface area contributed by atoms with Crippen LogP contribution in [0.5, 0.6) is 0 Å². The lowest BCUT2D eigenvalue weighted by molar-refractivity contribution is -0.378. The minimum Gasteiger partial charge on any atom is -0.218 e. The Bertz CT molecular complexity index is 162. The van der Waals surface area contributed by atoms with Gasteiger partial charge in [0.1, 0.15) is 0 Å². The summed E-state index contributed by atoms with van der Waals surface area (Å²) in [5, 5.41) is 0. The van der Waals surface area contributed by atoms with Gasteiger partial charge in [0.2, 0.25) is 0 Å². The lowest BCUT2D eigenvalue weighted by atomic mass is 10.2. The standard InChI is InChI=1S/C7H9NS/c9-5-3-7-2-1-4-8-6-7/h1-2,4,6,9H,3,5H2/p+1. The van der Waals surface area contributed by atoms with Crippen LogP contribution in [0.3, 0.4) is 0 Å². The summed E-state index contributed by atoms with van der Waals surface area (Å²) in [6.07, 6.45) is 4.94. The van der Waals surface area contributed by atoms with Crippen LogP contribution in [-0.4, -0.2) is 5.75 Å². The maximum atomic E-state index is 4.12. The van der Waals surface area contributed by atoms with Gasteiger partial charge in [-0.15, -0.1) is 0 Å². The fourth-order valence-electron chi connectivity index (χ4n) is 0.715. The Morgan fingerprint density at radius 1 is 1.56 bits per heavy atom. The molecule has 0 aliphatic carbocycles. The van der Waals surface area contributed by atoms with E-state index < -0.39 is 0 Å². The van der Waals surface area contributed by atoms with Gasteiger partial charge in [-0.05, 0) is 18.2 Å². The topological polar surface area (TPSA) is 14.1 Å². The second-order valence-electron chi connectivity index (χ2n) is 1.89. The molecule has 0 saturated carbocycles. The molecule has 0 spiro atoms. The number of hydrogen-bond donors (Lipinski definition) is 1. The van der Waals surface area contributed by atoms with E-state index in [-0.39, 0.29) is 0 Å². The van der Waals surface area contributed by atoms with Crippen molar-refractivity contribution in [3.8, 4) is 0 Å². The number of nitrogens with one attached hydrogen (secondary N) is 1. The molecule has 0 unspecified atom stereocenters. The van der Waals surface area contributed by atoms with E-state index in [0.717, 1.165) is 12.2 Å². The number of hydrogen-bond acceptors (Lipinski definition) is 1. The van der Waals surface area contributed by atoms with E-state index in [1.807, 2.05) is 18.5 Å². The highest BCUT2D eigenvalue weighted by Crippen LogP contribution is 1.94. The van der Waals surface area contributed by atoms with Gasteiger partial charge in [-0.3, -0.25) is 0 Å².